The van der Waals surface area contributed by atoms with Crippen molar-refractivity contribution in [2.24, 2.45) is 0 Å². The van der Waals surface area contributed by atoms with Gasteiger partial charge in [-0.25, -0.2) is 8.78 Å². The highest BCUT2D eigenvalue weighted by Crippen LogP contribution is 2.23. The van der Waals surface area contributed by atoms with E-state index in [1.807, 2.05) is 29.3 Å². The summed E-state index contributed by atoms with van der Waals surface area (Å²) in [6.45, 7) is 2.01. The van der Waals surface area contributed by atoms with Gasteiger partial charge in [0.15, 0.2) is 5.78 Å². The van der Waals surface area contributed by atoms with E-state index in [9.17, 15) is 13.6 Å². The van der Waals surface area contributed by atoms with Crippen LogP contribution in [-0.2, 0) is 0 Å². The molecule has 0 spiro atoms. The van der Waals surface area contributed by atoms with E-state index in [4.69, 9.17) is 0 Å². The summed E-state index contributed by atoms with van der Waals surface area (Å²) in [6.07, 6.45) is 0. The number of carbonyl (C=O) groups excluding carboxylic acids is 1. The molecule has 0 aliphatic carbocycles. The van der Waals surface area contributed by atoms with E-state index in [1.165, 1.54) is 0 Å². The van der Waals surface area contributed by atoms with Crippen LogP contribution in [0.2, 0.25) is 0 Å². The average molecular weight is 295 g/mol. The lowest BCUT2D eigenvalue weighted by atomic mass is 10.1. The molecule has 0 saturated carbocycles. The summed E-state index contributed by atoms with van der Waals surface area (Å²) >= 11 is 1.60. The Balaban J connectivity index is 2.09. The number of nitrogens with zero attached hydrogens (tertiary/aromatic N) is 1. The SMILES string of the molecule is CC(c1cccs1)N(C)CC(=O)c1cc(F)ccc1F. The molecular weight excluding hydrogens is 280 g/mol. The molecule has 1 aromatic heterocycles. The van der Waals surface area contributed by atoms with Crippen molar-refractivity contribution in [3.8, 4) is 0 Å². The number of hydrogen-bond donors (Lipinski definition) is 0. The summed E-state index contributed by atoms with van der Waals surface area (Å²) in [6, 6.07) is 6.91. The molecule has 5 heteroatoms. The highest BCUT2D eigenvalue weighted by molar-refractivity contribution is 7.10. The zero-order valence-corrected chi connectivity index (χ0v) is 12.1. The van der Waals surface area contributed by atoms with Gasteiger partial charge in [-0.15, -0.1) is 11.3 Å². The summed E-state index contributed by atoms with van der Waals surface area (Å²) in [5, 5.41) is 1.97. The second-order valence-corrected chi connectivity index (χ2v) is 5.63. The van der Waals surface area contributed by atoms with Crippen molar-refractivity contribution in [3.63, 3.8) is 0 Å². The van der Waals surface area contributed by atoms with Crippen LogP contribution in [0.4, 0.5) is 8.78 Å². The summed E-state index contributed by atoms with van der Waals surface area (Å²) in [5.74, 6) is -1.72. The lowest BCUT2D eigenvalue weighted by molar-refractivity contribution is 0.0921. The van der Waals surface area contributed by atoms with Crippen LogP contribution < -0.4 is 0 Å². The van der Waals surface area contributed by atoms with Gasteiger partial charge in [0.25, 0.3) is 0 Å². The van der Waals surface area contributed by atoms with Gasteiger partial charge in [-0.05, 0) is 43.6 Å². The van der Waals surface area contributed by atoms with Gasteiger partial charge in [-0.3, -0.25) is 9.69 Å². The quantitative estimate of drug-likeness (QED) is 0.780. The molecule has 20 heavy (non-hydrogen) atoms. The van der Waals surface area contributed by atoms with E-state index in [0.29, 0.717) is 0 Å². The van der Waals surface area contributed by atoms with Crippen molar-refractivity contribution in [1.82, 2.24) is 4.90 Å². The van der Waals surface area contributed by atoms with Gasteiger partial charge in [-0.1, -0.05) is 6.07 Å². The van der Waals surface area contributed by atoms with E-state index in [2.05, 4.69) is 0 Å². The van der Waals surface area contributed by atoms with E-state index in [-0.39, 0.29) is 18.2 Å². The van der Waals surface area contributed by atoms with Crippen molar-refractivity contribution in [1.29, 1.82) is 0 Å². The third kappa shape index (κ3) is 3.29. The summed E-state index contributed by atoms with van der Waals surface area (Å²) in [4.78, 5) is 15.0. The minimum Gasteiger partial charge on any atom is -0.293 e. The first-order valence-electron chi connectivity index (χ1n) is 6.21. The molecule has 1 unspecified atom stereocenters. The van der Waals surface area contributed by atoms with Crippen LogP contribution in [0.15, 0.2) is 35.7 Å². The van der Waals surface area contributed by atoms with Crippen LogP contribution in [0.5, 0.6) is 0 Å². The van der Waals surface area contributed by atoms with Crippen LogP contribution in [0, 0.1) is 11.6 Å². The van der Waals surface area contributed by atoms with Gasteiger partial charge >= 0.3 is 0 Å². The molecule has 1 aromatic carbocycles. The fourth-order valence-corrected chi connectivity index (χ4v) is 2.75. The number of carbonyl (C=O) groups is 1. The molecule has 0 saturated heterocycles. The maximum atomic E-state index is 13.5. The molecule has 2 aromatic rings. The third-order valence-corrected chi connectivity index (χ3v) is 4.28. The van der Waals surface area contributed by atoms with Crippen molar-refractivity contribution >= 4 is 17.1 Å². The van der Waals surface area contributed by atoms with Gasteiger partial charge in [-0.2, -0.15) is 0 Å². The van der Waals surface area contributed by atoms with Crippen LogP contribution in [0.3, 0.4) is 0 Å². The minimum atomic E-state index is -0.687. The molecule has 0 bridgehead atoms. The molecule has 106 valence electrons. The Kier molecular flexibility index (Phi) is 4.62. The van der Waals surface area contributed by atoms with E-state index >= 15 is 0 Å². The lowest BCUT2D eigenvalue weighted by Gasteiger charge is -2.23. The molecule has 0 aliphatic heterocycles. The lowest BCUT2D eigenvalue weighted by Crippen LogP contribution is -2.28. The molecule has 0 fully saturated rings. The van der Waals surface area contributed by atoms with Crippen LogP contribution in [0.25, 0.3) is 0 Å². The Bertz CT molecular complexity index is 598. The largest absolute Gasteiger partial charge is 0.293 e. The van der Waals surface area contributed by atoms with Crippen LogP contribution in [0.1, 0.15) is 28.2 Å². The molecular formula is C15H15F2NOS. The molecule has 2 nitrogen and oxygen atoms in total. The number of ketones is 1. The van der Waals surface area contributed by atoms with E-state index < -0.39 is 17.4 Å². The Hall–Kier alpha value is -1.59. The Morgan fingerprint density at radius 3 is 2.75 bits per heavy atom. The fourth-order valence-electron chi connectivity index (χ4n) is 1.91. The van der Waals surface area contributed by atoms with Crippen molar-refractivity contribution < 1.29 is 13.6 Å². The summed E-state index contributed by atoms with van der Waals surface area (Å²) in [5.41, 5.74) is -0.199. The smallest absolute Gasteiger partial charge is 0.179 e. The van der Waals surface area contributed by atoms with Gasteiger partial charge in [0.2, 0.25) is 0 Å². The van der Waals surface area contributed by atoms with Crippen LogP contribution >= 0.6 is 11.3 Å². The number of hydrogen-bond acceptors (Lipinski definition) is 3. The summed E-state index contributed by atoms with van der Waals surface area (Å²) < 4.78 is 26.6. The van der Waals surface area contributed by atoms with Gasteiger partial charge in [0.05, 0.1) is 12.1 Å². The number of halogens is 2. The normalized spacial score (nSPS) is 12.7. The Labute approximate surface area is 120 Å². The number of rotatable bonds is 5. The standard InChI is InChI=1S/C15H15F2NOS/c1-10(15-4-3-7-20-15)18(2)9-14(19)12-8-11(16)5-6-13(12)17/h3-8,10H,9H2,1-2H3. The average Bonchev–Trinajstić information content (AvgIpc) is 2.94. The van der Waals surface area contributed by atoms with Crippen molar-refractivity contribution in [3.05, 3.63) is 57.8 Å². The maximum Gasteiger partial charge on any atom is 0.179 e. The van der Waals surface area contributed by atoms with Gasteiger partial charge in [0, 0.05) is 10.9 Å². The molecule has 0 radical (unpaired) electrons. The number of likely N-dealkylation sites (N-methyl/N-ethyl adjacent to an activating group) is 1. The first-order valence-corrected chi connectivity index (χ1v) is 7.09. The highest BCUT2D eigenvalue weighted by Gasteiger charge is 2.19. The van der Waals surface area contributed by atoms with E-state index in [0.717, 1.165) is 23.1 Å². The monoisotopic (exact) mass is 295 g/mol. The minimum absolute atomic E-state index is 0.0411. The number of thiophene rings is 1. The predicted molar refractivity (Wildman–Crippen MR) is 76.1 cm³/mol. The van der Waals surface area contributed by atoms with Crippen molar-refractivity contribution in [2.75, 3.05) is 13.6 Å². The molecule has 2 rings (SSSR count). The Morgan fingerprint density at radius 1 is 1.35 bits per heavy atom. The first kappa shape index (κ1) is 14.8. The molecule has 1 atom stereocenters. The first-order chi connectivity index (χ1) is 9.49. The van der Waals surface area contributed by atoms with Crippen LogP contribution in [-0.4, -0.2) is 24.3 Å². The fraction of sp³-hybridized carbons (Fsp3) is 0.267. The zero-order chi connectivity index (χ0) is 14.7. The highest BCUT2D eigenvalue weighted by atomic mass is 32.1. The van der Waals surface area contributed by atoms with Gasteiger partial charge < -0.3 is 0 Å². The van der Waals surface area contributed by atoms with Gasteiger partial charge in [0.1, 0.15) is 11.6 Å². The van der Waals surface area contributed by atoms with E-state index in [1.54, 1.807) is 18.4 Å². The second-order valence-electron chi connectivity index (χ2n) is 4.65. The molecule has 0 N–H and O–H groups in total. The number of benzene rings is 1. The maximum absolute atomic E-state index is 13.5. The zero-order valence-electron chi connectivity index (χ0n) is 11.3. The molecule has 0 amide bonds. The molecule has 0 aliphatic rings. The second kappa shape index (κ2) is 6.24. The third-order valence-electron chi connectivity index (χ3n) is 3.24. The number of Topliss-reactive ketones (excluding diaryl/α,β-unsaturated/α-hetero) is 1. The van der Waals surface area contributed by atoms with Crippen molar-refractivity contribution in [2.45, 2.75) is 13.0 Å². The topological polar surface area (TPSA) is 20.3 Å². The Morgan fingerprint density at radius 2 is 2.10 bits per heavy atom. The molecule has 1 heterocycles. The summed E-state index contributed by atoms with van der Waals surface area (Å²) in [7, 11) is 1.79. The predicted octanol–water partition coefficient (Wildman–Crippen LogP) is 3.90.